The molecule has 0 saturated carbocycles. The Hall–Kier alpha value is -1.40. The van der Waals surface area contributed by atoms with E-state index in [1.807, 2.05) is 27.7 Å². The minimum atomic E-state index is -0.610. The molecule has 0 atom stereocenters. The molecule has 1 heterocycles. The molecule has 2 N–H and O–H groups in total. The fourth-order valence-electron chi connectivity index (χ4n) is 2.11. The predicted octanol–water partition coefficient (Wildman–Crippen LogP) is 2.16. The zero-order valence-corrected chi connectivity index (χ0v) is 12.5. The van der Waals surface area contributed by atoms with Crippen molar-refractivity contribution in [2.24, 2.45) is 0 Å². The lowest BCUT2D eigenvalue weighted by Crippen LogP contribution is -2.41. The highest BCUT2D eigenvalue weighted by Crippen LogP contribution is 2.36. The summed E-state index contributed by atoms with van der Waals surface area (Å²) in [4.78, 5) is 0. The number of benzene rings is 1. The summed E-state index contributed by atoms with van der Waals surface area (Å²) >= 11 is 0. The van der Waals surface area contributed by atoms with Gasteiger partial charge in [0.25, 0.3) is 0 Å². The number of halogens is 1. The van der Waals surface area contributed by atoms with Crippen LogP contribution in [-0.4, -0.2) is 31.6 Å². The van der Waals surface area contributed by atoms with E-state index in [1.165, 1.54) is 6.07 Å². The zero-order valence-electron chi connectivity index (χ0n) is 12.5. The number of hydrogen-bond donors (Lipinski definition) is 2. The lowest BCUT2D eigenvalue weighted by atomic mass is 9.78. The van der Waals surface area contributed by atoms with Gasteiger partial charge in [-0.1, -0.05) is 0 Å². The second-order valence-corrected chi connectivity index (χ2v) is 5.95. The summed E-state index contributed by atoms with van der Waals surface area (Å²) < 4.78 is 25.8. The normalized spacial score (nSPS) is 20.0. The highest BCUT2D eigenvalue weighted by atomic mass is 19.1. The van der Waals surface area contributed by atoms with Crippen LogP contribution in [0.25, 0.3) is 0 Å². The Labute approximate surface area is 119 Å². The molecule has 2 rings (SSSR count). The molecule has 0 aliphatic carbocycles. The Morgan fingerprint density at radius 1 is 1.20 bits per heavy atom. The van der Waals surface area contributed by atoms with Crippen molar-refractivity contribution < 1.29 is 13.7 Å². The van der Waals surface area contributed by atoms with Crippen LogP contribution >= 0.6 is 0 Å². The SMILES string of the molecule is CNc1cc(B2OC(C)(C)C(C)(C)O2)cc(F)c1C=N. The van der Waals surface area contributed by atoms with Crippen molar-refractivity contribution in [2.75, 3.05) is 12.4 Å². The molecule has 1 aromatic rings. The van der Waals surface area contributed by atoms with Gasteiger partial charge in [0.15, 0.2) is 0 Å². The van der Waals surface area contributed by atoms with Gasteiger partial charge in [-0.3, -0.25) is 0 Å². The van der Waals surface area contributed by atoms with Gasteiger partial charge in [-0.05, 0) is 45.3 Å². The molecule has 108 valence electrons. The van der Waals surface area contributed by atoms with E-state index < -0.39 is 24.1 Å². The lowest BCUT2D eigenvalue weighted by molar-refractivity contribution is 0.00578. The molecule has 1 saturated heterocycles. The molecule has 20 heavy (non-hydrogen) atoms. The van der Waals surface area contributed by atoms with Crippen molar-refractivity contribution in [3.05, 3.63) is 23.5 Å². The van der Waals surface area contributed by atoms with E-state index in [2.05, 4.69) is 5.32 Å². The van der Waals surface area contributed by atoms with Crippen LogP contribution in [0, 0.1) is 11.2 Å². The maximum Gasteiger partial charge on any atom is 0.495 e. The molecule has 1 aliphatic rings. The Kier molecular flexibility index (Phi) is 3.65. The second kappa shape index (κ2) is 4.86. The van der Waals surface area contributed by atoms with E-state index >= 15 is 0 Å². The summed E-state index contributed by atoms with van der Waals surface area (Å²) in [6.45, 7) is 7.81. The first kappa shape index (κ1) is 15.0. The lowest BCUT2D eigenvalue weighted by Gasteiger charge is -2.32. The number of anilines is 1. The van der Waals surface area contributed by atoms with E-state index in [9.17, 15) is 4.39 Å². The first-order valence-electron chi connectivity index (χ1n) is 6.59. The van der Waals surface area contributed by atoms with Crippen LogP contribution in [-0.2, 0) is 9.31 Å². The summed E-state index contributed by atoms with van der Waals surface area (Å²) in [5.41, 5.74) is 0.455. The summed E-state index contributed by atoms with van der Waals surface area (Å²) in [6.07, 6.45) is 0.995. The average Bonchev–Trinajstić information content (AvgIpc) is 2.57. The van der Waals surface area contributed by atoms with E-state index in [0.29, 0.717) is 11.2 Å². The third kappa shape index (κ3) is 2.34. The highest BCUT2D eigenvalue weighted by Gasteiger charge is 2.51. The van der Waals surface area contributed by atoms with Gasteiger partial charge >= 0.3 is 7.12 Å². The van der Waals surface area contributed by atoms with Crippen LogP contribution in [0.5, 0.6) is 0 Å². The van der Waals surface area contributed by atoms with Gasteiger partial charge in [-0.25, -0.2) is 4.39 Å². The van der Waals surface area contributed by atoms with Gasteiger partial charge in [0.05, 0.1) is 16.8 Å². The fourth-order valence-corrected chi connectivity index (χ4v) is 2.11. The number of nitrogens with one attached hydrogen (secondary N) is 2. The van der Waals surface area contributed by atoms with Gasteiger partial charge in [-0.2, -0.15) is 0 Å². The number of hydrogen-bond acceptors (Lipinski definition) is 4. The Balaban J connectivity index is 2.41. The van der Waals surface area contributed by atoms with E-state index in [0.717, 1.165) is 6.21 Å². The topological polar surface area (TPSA) is 54.3 Å². The van der Waals surface area contributed by atoms with Crippen LogP contribution in [0.4, 0.5) is 10.1 Å². The van der Waals surface area contributed by atoms with Crippen LogP contribution in [0.2, 0.25) is 0 Å². The maximum atomic E-state index is 14.0. The van der Waals surface area contributed by atoms with Crippen LogP contribution in [0.3, 0.4) is 0 Å². The van der Waals surface area contributed by atoms with Crippen LogP contribution in [0.1, 0.15) is 33.3 Å². The zero-order chi connectivity index (χ0) is 15.1. The van der Waals surface area contributed by atoms with Crippen LogP contribution < -0.4 is 10.8 Å². The van der Waals surface area contributed by atoms with Crippen molar-refractivity contribution in [2.45, 2.75) is 38.9 Å². The van der Waals surface area contributed by atoms with E-state index in [4.69, 9.17) is 14.7 Å². The monoisotopic (exact) mass is 278 g/mol. The highest BCUT2D eigenvalue weighted by molar-refractivity contribution is 6.62. The van der Waals surface area contributed by atoms with E-state index in [1.54, 1.807) is 13.1 Å². The van der Waals surface area contributed by atoms with Crippen molar-refractivity contribution in [3.63, 3.8) is 0 Å². The Morgan fingerprint density at radius 3 is 2.20 bits per heavy atom. The van der Waals surface area contributed by atoms with Gasteiger partial charge in [0.1, 0.15) is 5.82 Å². The molecular weight excluding hydrogens is 258 g/mol. The van der Waals surface area contributed by atoms with Gasteiger partial charge in [-0.15, -0.1) is 0 Å². The quantitative estimate of drug-likeness (QED) is 0.658. The molecule has 6 heteroatoms. The van der Waals surface area contributed by atoms with Crippen molar-refractivity contribution in [3.8, 4) is 0 Å². The Morgan fingerprint density at radius 2 is 1.75 bits per heavy atom. The molecular formula is C14H20BFN2O2. The van der Waals surface area contributed by atoms with Crippen molar-refractivity contribution in [1.29, 1.82) is 5.41 Å². The maximum absolute atomic E-state index is 14.0. The van der Waals surface area contributed by atoms with Gasteiger partial charge in [0, 0.05) is 18.9 Å². The number of rotatable bonds is 3. The third-order valence-corrected chi connectivity index (χ3v) is 4.09. The first-order valence-corrected chi connectivity index (χ1v) is 6.59. The molecule has 0 aromatic heterocycles. The standard InChI is InChI=1S/C14H20BFN2O2/c1-13(2)14(3,4)20-15(19-13)9-6-11(16)10(8-17)12(7-9)18-5/h6-8,17-18H,1-5H3. The van der Waals surface area contributed by atoms with Crippen LogP contribution in [0.15, 0.2) is 12.1 Å². The average molecular weight is 278 g/mol. The predicted molar refractivity (Wildman–Crippen MR) is 79.5 cm³/mol. The molecule has 1 aromatic carbocycles. The molecule has 1 aliphatic heterocycles. The summed E-state index contributed by atoms with van der Waals surface area (Å²) in [5.74, 6) is -0.462. The minimum Gasteiger partial charge on any atom is -0.399 e. The summed E-state index contributed by atoms with van der Waals surface area (Å²) in [5, 5.41) is 10.2. The smallest absolute Gasteiger partial charge is 0.399 e. The van der Waals surface area contributed by atoms with Crippen molar-refractivity contribution >= 4 is 24.5 Å². The van der Waals surface area contributed by atoms with Crippen molar-refractivity contribution in [1.82, 2.24) is 0 Å². The second-order valence-electron chi connectivity index (χ2n) is 5.95. The van der Waals surface area contributed by atoms with Gasteiger partial charge in [0.2, 0.25) is 0 Å². The Bertz CT molecular complexity index is 530. The molecule has 4 nitrogen and oxygen atoms in total. The van der Waals surface area contributed by atoms with Gasteiger partial charge < -0.3 is 20.0 Å². The summed E-state index contributed by atoms with van der Waals surface area (Å²) in [6, 6.07) is 3.12. The first-order chi connectivity index (χ1) is 9.21. The largest absolute Gasteiger partial charge is 0.495 e. The molecule has 0 radical (unpaired) electrons. The molecule has 1 fully saturated rings. The molecule has 0 spiro atoms. The summed E-state index contributed by atoms with van der Waals surface area (Å²) in [7, 11) is 1.08. The minimum absolute atomic E-state index is 0.229. The molecule has 0 amide bonds. The molecule has 0 unspecified atom stereocenters. The molecule has 0 bridgehead atoms. The van der Waals surface area contributed by atoms with E-state index in [-0.39, 0.29) is 5.56 Å². The third-order valence-electron chi connectivity index (χ3n) is 4.09. The fraction of sp³-hybridized carbons (Fsp3) is 0.500.